The van der Waals surface area contributed by atoms with Gasteiger partial charge < -0.3 is 9.64 Å². The minimum absolute atomic E-state index is 0.118. The van der Waals surface area contributed by atoms with Gasteiger partial charge in [-0.2, -0.15) is 0 Å². The van der Waals surface area contributed by atoms with E-state index in [-0.39, 0.29) is 11.8 Å². The summed E-state index contributed by atoms with van der Waals surface area (Å²) in [4.78, 5) is 13.3. The first-order valence-corrected chi connectivity index (χ1v) is 5.93. The molecule has 0 bridgehead atoms. The Balaban J connectivity index is 2.93. The van der Waals surface area contributed by atoms with Gasteiger partial charge in [0.15, 0.2) is 0 Å². The first-order chi connectivity index (χ1) is 8.04. The molecule has 17 heavy (non-hydrogen) atoms. The van der Waals surface area contributed by atoms with E-state index in [1.165, 1.54) is 0 Å². The summed E-state index contributed by atoms with van der Waals surface area (Å²) < 4.78 is 5.48. The molecule has 0 heterocycles. The van der Waals surface area contributed by atoms with Crippen LogP contribution in [0.3, 0.4) is 0 Å². The van der Waals surface area contributed by atoms with E-state index in [9.17, 15) is 4.79 Å². The zero-order chi connectivity index (χ0) is 12.8. The summed E-state index contributed by atoms with van der Waals surface area (Å²) in [5, 5.41) is 0. The number of Topliss-reactive ketones (excluding diaryl/α,β-unsaturated/α-hetero) is 1. The highest BCUT2D eigenvalue weighted by Crippen LogP contribution is 2.25. The Bertz CT molecular complexity index is 374. The van der Waals surface area contributed by atoms with Crippen LogP contribution in [0.1, 0.15) is 31.9 Å². The number of hydrogen-bond acceptors (Lipinski definition) is 3. The molecule has 1 unspecified atom stereocenters. The van der Waals surface area contributed by atoms with Crippen molar-refractivity contribution in [2.75, 3.05) is 20.7 Å². The maximum atomic E-state index is 11.3. The van der Waals surface area contributed by atoms with Gasteiger partial charge >= 0.3 is 0 Å². The van der Waals surface area contributed by atoms with Gasteiger partial charge in [0.1, 0.15) is 11.5 Å². The number of ketones is 1. The van der Waals surface area contributed by atoms with Crippen LogP contribution >= 0.6 is 0 Å². The third kappa shape index (κ3) is 4.19. The van der Waals surface area contributed by atoms with Gasteiger partial charge in [-0.05, 0) is 45.6 Å². The van der Waals surface area contributed by atoms with Crippen molar-refractivity contribution >= 4 is 5.78 Å². The molecule has 0 N–H and O–H groups in total. The van der Waals surface area contributed by atoms with Gasteiger partial charge in [0.25, 0.3) is 0 Å². The average molecular weight is 235 g/mol. The van der Waals surface area contributed by atoms with E-state index in [2.05, 4.69) is 4.90 Å². The molecule has 0 aliphatic rings. The number of carbonyl (C=O) groups is 1. The Morgan fingerprint density at radius 3 is 2.65 bits per heavy atom. The van der Waals surface area contributed by atoms with Gasteiger partial charge in [-0.25, -0.2) is 0 Å². The van der Waals surface area contributed by atoms with Crippen molar-refractivity contribution in [3.8, 4) is 5.75 Å². The van der Waals surface area contributed by atoms with Crippen LogP contribution in [0.2, 0.25) is 0 Å². The lowest BCUT2D eigenvalue weighted by molar-refractivity contribution is -0.118. The lowest BCUT2D eigenvalue weighted by Crippen LogP contribution is -2.22. The zero-order valence-electron chi connectivity index (χ0n) is 11.1. The number of hydrogen-bond donors (Lipinski definition) is 0. The largest absolute Gasteiger partial charge is 0.494 e. The summed E-state index contributed by atoms with van der Waals surface area (Å²) in [7, 11) is 3.97. The molecule has 0 amide bonds. The second-order valence-electron chi connectivity index (χ2n) is 4.39. The van der Waals surface area contributed by atoms with E-state index in [1.807, 2.05) is 45.3 Å². The summed E-state index contributed by atoms with van der Waals surface area (Å²) in [5.41, 5.74) is 1.12. The molecule has 3 nitrogen and oxygen atoms in total. The number of benzene rings is 1. The van der Waals surface area contributed by atoms with Gasteiger partial charge in [0, 0.05) is 12.5 Å². The fourth-order valence-electron chi connectivity index (χ4n) is 1.85. The fourth-order valence-corrected chi connectivity index (χ4v) is 1.85. The molecular formula is C14H21NO2. The van der Waals surface area contributed by atoms with E-state index < -0.39 is 0 Å². The molecule has 0 aromatic heterocycles. The van der Waals surface area contributed by atoms with Crippen molar-refractivity contribution in [3.05, 3.63) is 29.8 Å². The van der Waals surface area contributed by atoms with Gasteiger partial charge in [-0.3, -0.25) is 4.79 Å². The van der Waals surface area contributed by atoms with E-state index in [0.717, 1.165) is 11.3 Å². The highest BCUT2D eigenvalue weighted by molar-refractivity contribution is 5.76. The predicted molar refractivity (Wildman–Crippen MR) is 69.3 cm³/mol. The van der Waals surface area contributed by atoms with Crippen LogP contribution in [-0.4, -0.2) is 31.4 Å². The molecule has 0 aliphatic carbocycles. The first-order valence-electron chi connectivity index (χ1n) is 5.93. The second kappa shape index (κ2) is 6.40. The smallest absolute Gasteiger partial charge is 0.131 e. The molecular weight excluding hydrogens is 214 g/mol. The Labute approximate surface area is 103 Å². The van der Waals surface area contributed by atoms with Crippen LogP contribution in [0.5, 0.6) is 5.75 Å². The molecule has 0 spiro atoms. The quantitative estimate of drug-likeness (QED) is 0.759. The number of rotatable bonds is 6. The number of carbonyl (C=O) groups excluding carboxylic acids is 1. The van der Waals surface area contributed by atoms with E-state index >= 15 is 0 Å². The fraction of sp³-hybridized carbons (Fsp3) is 0.500. The Hall–Kier alpha value is -1.35. The van der Waals surface area contributed by atoms with Gasteiger partial charge in [-0.1, -0.05) is 12.1 Å². The molecule has 1 aromatic rings. The number of ether oxygens (including phenoxy) is 1. The summed E-state index contributed by atoms with van der Waals surface area (Å²) in [6.07, 6.45) is 0.530. The Kier molecular flexibility index (Phi) is 5.16. The Morgan fingerprint density at radius 1 is 1.41 bits per heavy atom. The van der Waals surface area contributed by atoms with E-state index in [1.54, 1.807) is 6.92 Å². The molecule has 0 saturated carbocycles. The maximum Gasteiger partial charge on any atom is 0.131 e. The second-order valence-corrected chi connectivity index (χ2v) is 4.39. The van der Waals surface area contributed by atoms with Crippen LogP contribution in [0.4, 0.5) is 0 Å². The van der Waals surface area contributed by atoms with E-state index in [4.69, 9.17) is 4.74 Å². The first kappa shape index (κ1) is 13.7. The number of nitrogens with zero attached hydrogens (tertiary/aromatic N) is 1. The van der Waals surface area contributed by atoms with Crippen LogP contribution < -0.4 is 4.74 Å². The molecule has 0 aliphatic heterocycles. The monoisotopic (exact) mass is 235 g/mol. The SMILES string of the molecule is CCOc1cccc(C(CC(C)=O)N(C)C)c1. The normalized spacial score (nSPS) is 12.5. The molecule has 0 radical (unpaired) electrons. The van der Waals surface area contributed by atoms with Crippen molar-refractivity contribution in [2.45, 2.75) is 26.3 Å². The topological polar surface area (TPSA) is 29.5 Å². The molecule has 1 atom stereocenters. The van der Waals surface area contributed by atoms with Crippen molar-refractivity contribution in [1.82, 2.24) is 4.90 Å². The Morgan fingerprint density at radius 2 is 2.12 bits per heavy atom. The summed E-state index contributed by atoms with van der Waals surface area (Å²) in [6.45, 7) is 4.25. The van der Waals surface area contributed by atoms with Crippen LogP contribution in [0.25, 0.3) is 0 Å². The molecule has 0 saturated heterocycles. The predicted octanol–water partition coefficient (Wildman–Crippen LogP) is 2.67. The lowest BCUT2D eigenvalue weighted by Gasteiger charge is -2.24. The molecule has 3 heteroatoms. The highest BCUT2D eigenvalue weighted by Gasteiger charge is 2.16. The van der Waals surface area contributed by atoms with E-state index in [0.29, 0.717) is 13.0 Å². The van der Waals surface area contributed by atoms with Crippen molar-refractivity contribution < 1.29 is 9.53 Å². The van der Waals surface area contributed by atoms with Gasteiger partial charge in [0.05, 0.1) is 6.61 Å². The van der Waals surface area contributed by atoms with Crippen LogP contribution in [0, 0.1) is 0 Å². The standard InChI is InChI=1S/C14H21NO2/c1-5-17-13-8-6-7-12(10-13)14(15(3)4)9-11(2)16/h6-8,10,14H,5,9H2,1-4H3. The zero-order valence-corrected chi connectivity index (χ0v) is 11.1. The maximum absolute atomic E-state index is 11.3. The van der Waals surface area contributed by atoms with Crippen molar-refractivity contribution in [2.24, 2.45) is 0 Å². The third-order valence-electron chi connectivity index (χ3n) is 2.66. The van der Waals surface area contributed by atoms with Crippen LogP contribution in [0.15, 0.2) is 24.3 Å². The summed E-state index contributed by atoms with van der Waals surface area (Å²) in [6, 6.07) is 8.07. The van der Waals surface area contributed by atoms with Crippen molar-refractivity contribution in [3.63, 3.8) is 0 Å². The molecule has 94 valence electrons. The minimum atomic E-state index is 0.118. The van der Waals surface area contributed by atoms with Gasteiger partial charge in [-0.15, -0.1) is 0 Å². The molecule has 1 aromatic carbocycles. The molecule has 1 rings (SSSR count). The highest BCUT2D eigenvalue weighted by atomic mass is 16.5. The van der Waals surface area contributed by atoms with Gasteiger partial charge in [0.2, 0.25) is 0 Å². The summed E-state index contributed by atoms with van der Waals surface area (Å²) >= 11 is 0. The van der Waals surface area contributed by atoms with Crippen LogP contribution in [-0.2, 0) is 4.79 Å². The third-order valence-corrected chi connectivity index (χ3v) is 2.66. The average Bonchev–Trinajstić information content (AvgIpc) is 2.26. The summed E-state index contributed by atoms with van der Waals surface area (Å²) in [5.74, 6) is 1.06. The lowest BCUT2D eigenvalue weighted by atomic mass is 10.0. The minimum Gasteiger partial charge on any atom is -0.494 e. The molecule has 0 fully saturated rings. The van der Waals surface area contributed by atoms with Crippen molar-refractivity contribution in [1.29, 1.82) is 0 Å².